The third-order valence-corrected chi connectivity index (χ3v) is 4.17. The van der Waals surface area contributed by atoms with Crippen LogP contribution in [0.15, 0.2) is 90.3 Å². The van der Waals surface area contributed by atoms with E-state index in [0.717, 1.165) is 33.3 Å². The number of aromatic nitrogens is 1. The molecule has 0 aliphatic rings. The van der Waals surface area contributed by atoms with E-state index in [1.807, 2.05) is 61.5 Å². The van der Waals surface area contributed by atoms with Crippen LogP contribution < -0.4 is 5.56 Å². The average molecular weight is 337 g/mol. The Hall–Kier alpha value is -3.57. The first kappa shape index (κ1) is 17.3. The molecule has 0 bridgehead atoms. The Kier molecular flexibility index (Phi) is 5.01. The van der Waals surface area contributed by atoms with Gasteiger partial charge in [0.1, 0.15) is 0 Å². The van der Waals surface area contributed by atoms with Gasteiger partial charge in [0.25, 0.3) is 5.56 Å². The van der Waals surface area contributed by atoms with Crippen molar-refractivity contribution in [3.63, 3.8) is 0 Å². The molecule has 0 fully saturated rings. The van der Waals surface area contributed by atoms with Gasteiger partial charge in [0.15, 0.2) is 0 Å². The lowest BCUT2D eigenvalue weighted by Crippen LogP contribution is -2.07. The molecule has 0 spiro atoms. The summed E-state index contributed by atoms with van der Waals surface area (Å²) in [6, 6.07) is 15.6. The monoisotopic (exact) mass is 337 g/mol. The van der Waals surface area contributed by atoms with Crippen LogP contribution in [-0.4, -0.2) is 4.98 Å². The van der Waals surface area contributed by atoms with Crippen LogP contribution in [0.4, 0.5) is 0 Å². The molecule has 3 rings (SSSR count). The lowest BCUT2D eigenvalue weighted by Gasteiger charge is -2.06. The second-order valence-corrected chi connectivity index (χ2v) is 5.94. The van der Waals surface area contributed by atoms with Gasteiger partial charge < -0.3 is 4.98 Å². The maximum Gasteiger partial charge on any atom is 0.256 e. The van der Waals surface area contributed by atoms with E-state index in [4.69, 9.17) is 0 Å². The van der Waals surface area contributed by atoms with Gasteiger partial charge in [-0.3, -0.25) is 4.79 Å². The van der Waals surface area contributed by atoms with Gasteiger partial charge in [-0.2, -0.15) is 0 Å². The van der Waals surface area contributed by atoms with Crippen LogP contribution in [0.3, 0.4) is 0 Å². The predicted molar refractivity (Wildman–Crippen MR) is 110 cm³/mol. The molecule has 126 valence electrons. The van der Waals surface area contributed by atoms with Gasteiger partial charge >= 0.3 is 0 Å². The van der Waals surface area contributed by atoms with Gasteiger partial charge in [-0.15, -0.1) is 0 Å². The molecular formula is C24H19NO. The summed E-state index contributed by atoms with van der Waals surface area (Å²) in [6.45, 7) is 9.41. The number of pyridine rings is 1. The summed E-state index contributed by atoms with van der Waals surface area (Å²) in [7, 11) is 0. The Balaban J connectivity index is 1.98. The minimum atomic E-state index is -0.0738. The van der Waals surface area contributed by atoms with Gasteiger partial charge in [-0.05, 0) is 53.8 Å². The summed E-state index contributed by atoms with van der Waals surface area (Å²) in [5.74, 6) is 6.15. The number of allylic oxidation sites excluding steroid dienone is 4. The van der Waals surface area contributed by atoms with Crippen molar-refractivity contribution in [1.29, 1.82) is 0 Å². The minimum absolute atomic E-state index is 0.0738. The van der Waals surface area contributed by atoms with Crippen molar-refractivity contribution >= 4 is 10.8 Å². The zero-order chi connectivity index (χ0) is 18.5. The summed E-state index contributed by atoms with van der Waals surface area (Å²) in [4.78, 5) is 15.3. The number of hydrogen-bond acceptors (Lipinski definition) is 1. The standard InChI is InChI=1S/C24H19NO/c1-4-7-18(5-2)10-11-19-12-14-20(15-13-19)23-16-22-17(3)8-6-9-21(22)24(26)25-23/h4-9,12-16H,1-2H2,3H3,(H,25,26)/b18-7+. The molecular weight excluding hydrogens is 318 g/mol. The second kappa shape index (κ2) is 7.55. The fraction of sp³-hybridized carbons (Fsp3) is 0.0417. The first-order valence-corrected chi connectivity index (χ1v) is 8.32. The molecule has 26 heavy (non-hydrogen) atoms. The maximum atomic E-state index is 12.4. The van der Waals surface area contributed by atoms with Crippen molar-refractivity contribution in [2.45, 2.75) is 6.92 Å². The molecule has 0 unspecified atom stereocenters. The normalized spacial score (nSPS) is 10.9. The van der Waals surface area contributed by atoms with E-state index in [1.165, 1.54) is 0 Å². The topological polar surface area (TPSA) is 32.9 Å². The summed E-state index contributed by atoms with van der Waals surface area (Å²) in [5, 5.41) is 1.68. The molecule has 0 saturated heterocycles. The SMILES string of the molecule is C=C/C=C(/C#Cc1ccc(-c2cc3c(C)cccc3c(=O)[nH]2)cc1)C=C. The fourth-order valence-electron chi connectivity index (χ4n) is 2.76. The van der Waals surface area contributed by atoms with Crippen LogP contribution in [0.5, 0.6) is 0 Å². The van der Waals surface area contributed by atoms with Crippen LogP contribution in [-0.2, 0) is 0 Å². The maximum absolute atomic E-state index is 12.4. The molecule has 3 aromatic rings. The summed E-state index contributed by atoms with van der Waals surface area (Å²) < 4.78 is 0. The smallest absolute Gasteiger partial charge is 0.256 e. The third-order valence-electron chi connectivity index (χ3n) is 4.17. The van der Waals surface area contributed by atoms with E-state index >= 15 is 0 Å². The predicted octanol–water partition coefficient (Wildman–Crippen LogP) is 5.15. The molecule has 0 aliphatic carbocycles. The molecule has 0 saturated carbocycles. The van der Waals surface area contributed by atoms with Crippen molar-refractivity contribution in [3.8, 4) is 23.1 Å². The summed E-state index contributed by atoms with van der Waals surface area (Å²) >= 11 is 0. The highest BCUT2D eigenvalue weighted by molar-refractivity contribution is 5.87. The van der Waals surface area contributed by atoms with Crippen LogP contribution >= 0.6 is 0 Å². The summed E-state index contributed by atoms with van der Waals surface area (Å²) in [5.41, 5.74) is 4.47. The molecule has 2 nitrogen and oxygen atoms in total. The van der Waals surface area contributed by atoms with Crippen molar-refractivity contribution in [1.82, 2.24) is 4.98 Å². The third kappa shape index (κ3) is 3.58. The molecule has 2 heteroatoms. The second-order valence-electron chi connectivity index (χ2n) is 5.94. The Morgan fingerprint density at radius 1 is 1.08 bits per heavy atom. The molecule has 0 atom stereocenters. The number of hydrogen-bond donors (Lipinski definition) is 1. The van der Waals surface area contributed by atoms with Crippen molar-refractivity contribution in [3.05, 3.63) is 107 Å². The highest BCUT2D eigenvalue weighted by atomic mass is 16.1. The lowest BCUT2D eigenvalue weighted by atomic mass is 10.0. The molecule has 1 aromatic heterocycles. The minimum Gasteiger partial charge on any atom is -0.321 e. The Labute approximate surface area is 153 Å². The van der Waals surface area contributed by atoms with Crippen molar-refractivity contribution in [2.24, 2.45) is 0 Å². The zero-order valence-electron chi connectivity index (χ0n) is 14.7. The van der Waals surface area contributed by atoms with Gasteiger partial charge in [0.05, 0.1) is 0 Å². The molecule has 1 N–H and O–H groups in total. The Bertz CT molecular complexity index is 1130. The largest absolute Gasteiger partial charge is 0.321 e. The number of aryl methyl sites for hydroxylation is 1. The number of aromatic amines is 1. The molecule has 0 radical (unpaired) electrons. The van der Waals surface area contributed by atoms with E-state index in [1.54, 1.807) is 12.2 Å². The van der Waals surface area contributed by atoms with E-state index in [0.29, 0.717) is 5.39 Å². The number of rotatable bonds is 3. The van der Waals surface area contributed by atoms with E-state index in [9.17, 15) is 4.79 Å². The zero-order valence-corrected chi connectivity index (χ0v) is 14.7. The lowest BCUT2D eigenvalue weighted by molar-refractivity contribution is 1.27. The Morgan fingerprint density at radius 2 is 1.85 bits per heavy atom. The van der Waals surface area contributed by atoms with Crippen LogP contribution in [0.1, 0.15) is 11.1 Å². The average Bonchev–Trinajstić information content (AvgIpc) is 2.66. The highest BCUT2D eigenvalue weighted by Crippen LogP contribution is 2.22. The van der Waals surface area contributed by atoms with Gasteiger partial charge in [-0.25, -0.2) is 0 Å². The van der Waals surface area contributed by atoms with E-state index < -0.39 is 0 Å². The first-order valence-electron chi connectivity index (χ1n) is 8.32. The van der Waals surface area contributed by atoms with Crippen LogP contribution in [0.2, 0.25) is 0 Å². The molecule has 0 aliphatic heterocycles. The van der Waals surface area contributed by atoms with E-state index in [-0.39, 0.29) is 5.56 Å². The van der Waals surface area contributed by atoms with Crippen LogP contribution in [0.25, 0.3) is 22.0 Å². The van der Waals surface area contributed by atoms with Crippen molar-refractivity contribution < 1.29 is 0 Å². The molecule has 1 heterocycles. The Morgan fingerprint density at radius 3 is 2.54 bits per heavy atom. The highest BCUT2D eigenvalue weighted by Gasteiger charge is 2.05. The number of benzene rings is 2. The quantitative estimate of drug-likeness (QED) is 0.520. The van der Waals surface area contributed by atoms with Crippen molar-refractivity contribution in [2.75, 3.05) is 0 Å². The number of fused-ring (bicyclic) bond motifs is 1. The van der Waals surface area contributed by atoms with Gasteiger partial charge in [-0.1, -0.05) is 61.4 Å². The number of H-pyrrole nitrogens is 1. The summed E-state index contributed by atoms with van der Waals surface area (Å²) in [6.07, 6.45) is 5.20. The first-order chi connectivity index (χ1) is 12.6. The molecule has 2 aromatic carbocycles. The van der Waals surface area contributed by atoms with Gasteiger partial charge in [0, 0.05) is 22.2 Å². The van der Waals surface area contributed by atoms with E-state index in [2.05, 4.69) is 30.0 Å². The fourth-order valence-corrected chi connectivity index (χ4v) is 2.76. The van der Waals surface area contributed by atoms with Crippen LogP contribution in [0, 0.1) is 18.8 Å². The molecule has 0 amide bonds. The van der Waals surface area contributed by atoms with Gasteiger partial charge in [0.2, 0.25) is 0 Å². The number of nitrogens with one attached hydrogen (secondary N) is 1.